The Labute approximate surface area is 203 Å². The highest BCUT2D eigenvalue weighted by Crippen LogP contribution is 2.31. The van der Waals surface area contributed by atoms with Gasteiger partial charge in [0.1, 0.15) is 0 Å². The smallest absolute Gasteiger partial charge is 0.309 e. The van der Waals surface area contributed by atoms with Crippen LogP contribution in [0.4, 0.5) is 11.5 Å². The second kappa shape index (κ2) is 10.0. The van der Waals surface area contributed by atoms with Gasteiger partial charge >= 0.3 is 5.97 Å². The van der Waals surface area contributed by atoms with E-state index in [2.05, 4.69) is 29.0 Å². The van der Waals surface area contributed by atoms with Crippen LogP contribution in [0.5, 0.6) is 0 Å². The lowest BCUT2D eigenvalue weighted by Gasteiger charge is -2.37. The van der Waals surface area contributed by atoms with Gasteiger partial charge in [-0.05, 0) is 54.8 Å². The van der Waals surface area contributed by atoms with Gasteiger partial charge in [-0.2, -0.15) is 0 Å². The summed E-state index contributed by atoms with van der Waals surface area (Å²) in [5.41, 5.74) is 4.75. The van der Waals surface area contributed by atoms with E-state index in [1.165, 1.54) is 5.56 Å². The third-order valence-corrected chi connectivity index (χ3v) is 7.07. The summed E-state index contributed by atoms with van der Waals surface area (Å²) in [6, 6.07) is 11.9. The Hall–Kier alpha value is -3.10. The van der Waals surface area contributed by atoms with Gasteiger partial charge in [-0.15, -0.1) is 11.8 Å². The number of thioether (sulfide) groups is 1. The van der Waals surface area contributed by atoms with Crippen LogP contribution in [0, 0.1) is 19.8 Å². The summed E-state index contributed by atoms with van der Waals surface area (Å²) in [6.45, 7) is 10.2. The molecule has 1 saturated heterocycles. The highest BCUT2D eigenvalue weighted by Gasteiger charge is 2.32. The molecular formula is C26H30N4O3S. The summed E-state index contributed by atoms with van der Waals surface area (Å²) in [4.78, 5) is 31.9. The lowest BCUT2D eigenvalue weighted by molar-refractivity contribution is -0.147. The Balaban J connectivity index is 1.59. The second-order valence-electron chi connectivity index (χ2n) is 9.03. The first-order chi connectivity index (χ1) is 16.2. The molecule has 1 aliphatic heterocycles. The molecule has 3 aromatic rings. The molecule has 178 valence electrons. The Kier molecular flexibility index (Phi) is 7.09. The molecule has 0 unspecified atom stereocenters. The van der Waals surface area contributed by atoms with E-state index in [1.807, 2.05) is 50.2 Å². The number of carbonyl (C=O) groups is 1. The first kappa shape index (κ1) is 24.0. The number of para-hydroxylation sites is 1. The van der Waals surface area contributed by atoms with Crippen molar-refractivity contribution in [3.8, 4) is 5.69 Å². The van der Waals surface area contributed by atoms with E-state index in [1.54, 1.807) is 28.7 Å². The molecule has 0 spiro atoms. The number of carboxylic acids is 1. The predicted octanol–water partition coefficient (Wildman–Crippen LogP) is 4.61. The largest absolute Gasteiger partial charge is 0.481 e. The zero-order valence-corrected chi connectivity index (χ0v) is 20.7. The molecular weight excluding hydrogens is 448 g/mol. The predicted molar refractivity (Wildman–Crippen MR) is 136 cm³/mol. The van der Waals surface area contributed by atoms with Gasteiger partial charge in [0.05, 0.1) is 11.6 Å². The number of hydrogen-bond donors (Lipinski definition) is 2. The van der Waals surface area contributed by atoms with Crippen LogP contribution in [0.15, 0.2) is 58.5 Å². The molecule has 34 heavy (non-hydrogen) atoms. The van der Waals surface area contributed by atoms with E-state index in [-0.39, 0.29) is 17.3 Å². The van der Waals surface area contributed by atoms with Gasteiger partial charge < -0.3 is 10.4 Å². The monoisotopic (exact) mass is 478 g/mol. The molecule has 1 fully saturated rings. The van der Waals surface area contributed by atoms with Crippen molar-refractivity contribution in [1.82, 2.24) is 14.5 Å². The van der Waals surface area contributed by atoms with Crippen molar-refractivity contribution < 1.29 is 9.90 Å². The van der Waals surface area contributed by atoms with Crippen molar-refractivity contribution in [2.45, 2.75) is 44.4 Å². The molecule has 1 aromatic heterocycles. The molecule has 0 radical (unpaired) electrons. The van der Waals surface area contributed by atoms with Crippen LogP contribution in [0.3, 0.4) is 0 Å². The van der Waals surface area contributed by atoms with Gasteiger partial charge in [0.2, 0.25) is 0 Å². The lowest BCUT2D eigenvalue weighted by atomic mass is 9.96. The van der Waals surface area contributed by atoms with Crippen molar-refractivity contribution in [3.05, 3.63) is 75.8 Å². The number of aromatic nitrogens is 2. The number of nitrogens with one attached hydrogen (secondary N) is 1. The fraction of sp³-hybridized carbons (Fsp3) is 0.346. The molecule has 0 saturated carbocycles. The molecule has 0 amide bonds. The van der Waals surface area contributed by atoms with Crippen molar-refractivity contribution in [3.63, 3.8) is 0 Å². The molecule has 1 aliphatic rings. The number of aryl methyl sites for hydroxylation is 2. The zero-order chi connectivity index (χ0) is 24.4. The number of carboxylic acid groups (broad SMARTS) is 1. The molecule has 0 aliphatic carbocycles. The van der Waals surface area contributed by atoms with Crippen LogP contribution in [-0.4, -0.2) is 43.9 Å². The van der Waals surface area contributed by atoms with Gasteiger partial charge in [-0.1, -0.05) is 26.0 Å². The van der Waals surface area contributed by atoms with E-state index in [9.17, 15) is 9.59 Å². The third kappa shape index (κ3) is 5.18. The maximum Gasteiger partial charge on any atom is 0.309 e. The van der Waals surface area contributed by atoms with Gasteiger partial charge in [-0.25, -0.2) is 4.98 Å². The van der Waals surface area contributed by atoms with Crippen molar-refractivity contribution in [1.29, 1.82) is 0 Å². The summed E-state index contributed by atoms with van der Waals surface area (Å²) in [5.74, 6) is -0.726. The Bertz CT molecular complexity index is 1240. The fourth-order valence-corrected chi connectivity index (χ4v) is 5.10. The Morgan fingerprint density at radius 1 is 1.21 bits per heavy atom. The lowest BCUT2D eigenvalue weighted by Crippen LogP contribution is -2.49. The van der Waals surface area contributed by atoms with Crippen LogP contribution in [0.25, 0.3) is 5.69 Å². The SMILES string of the molecule is Cc1cc(-n2ccnc(Nc3ccccc3SC(C)C)c2=O)cc(C)c1CN1CC(C(=O)O)C1. The van der Waals surface area contributed by atoms with Gasteiger partial charge in [-0.3, -0.25) is 19.1 Å². The molecule has 2 heterocycles. The number of aliphatic carboxylic acids is 1. The minimum Gasteiger partial charge on any atom is -0.481 e. The molecule has 0 atom stereocenters. The molecule has 8 heteroatoms. The summed E-state index contributed by atoms with van der Waals surface area (Å²) in [5, 5.41) is 12.8. The van der Waals surface area contributed by atoms with E-state index in [0.717, 1.165) is 27.4 Å². The fourth-order valence-electron chi connectivity index (χ4n) is 4.19. The highest BCUT2D eigenvalue weighted by molar-refractivity contribution is 8.00. The van der Waals surface area contributed by atoms with Gasteiger partial charge in [0.15, 0.2) is 5.82 Å². The zero-order valence-electron chi connectivity index (χ0n) is 19.9. The highest BCUT2D eigenvalue weighted by atomic mass is 32.2. The minimum atomic E-state index is -0.730. The summed E-state index contributed by atoms with van der Waals surface area (Å²) in [6.07, 6.45) is 3.32. The van der Waals surface area contributed by atoms with E-state index in [4.69, 9.17) is 5.11 Å². The second-order valence-corrected chi connectivity index (χ2v) is 10.6. The van der Waals surface area contributed by atoms with Gasteiger partial charge in [0.25, 0.3) is 5.56 Å². The average molecular weight is 479 g/mol. The number of nitrogens with zero attached hydrogens (tertiary/aromatic N) is 3. The number of anilines is 2. The first-order valence-electron chi connectivity index (χ1n) is 11.4. The first-order valence-corrected chi connectivity index (χ1v) is 12.3. The van der Waals surface area contributed by atoms with Crippen molar-refractivity contribution >= 4 is 29.2 Å². The molecule has 4 rings (SSSR count). The minimum absolute atomic E-state index is 0.217. The molecule has 0 bridgehead atoms. The van der Waals surface area contributed by atoms with E-state index >= 15 is 0 Å². The molecule has 2 N–H and O–H groups in total. The van der Waals surface area contributed by atoms with Crippen molar-refractivity contribution in [2.75, 3.05) is 18.4 Å². The van der Waals surface area contributed by atoms with Crippen LogP contribution in [0.2, 0.25) is 0 Å². The van der Waals surface area contributed by atoms with Gasteiger partial charge in [0, 0.05) is 47.9 Å². The average Bonchev–Trinajstić information content (AvgIpc) is 2.74. The Morgan fingerprint density at radius 3 is 2.53 bits per heavy atom. The van der Waals surface area contributed by atoms with Crippen LogP contribution in [0.1, 0.15) is 30.5 Å². The summed E-state index contributed by atoms with van der Waals surface area (Å²) >= 11 is 1.73. The maximum absolute atomic E-state index is 13.3. The standard InChI is InChI=1S/C26H30N4O3S/c1-16(2)34-23-8-6-5-7-22(23)28-24-25(31)30(10-9-27-24)20-11-17(3)21(18(4)12-20)15-29-13-19(14-29)26(32)33/h5-12,16,19H,13-15H2,1-4H3,(H,27,28)(H,32,33). The third-order valence-electron chi connectivity index (χ3n) is 5.99. The Morgan fingerprint density at radius 2 is 1.88 bits per heavy atom. The molecule has 2 aromatic carbocycles. The number of likely N-dealkylation sites (tertiary alicyclic amines) is 1. The topological polar surface area (TPSA) is 87.5 Å². The summed E-state index contributed by atoms with van der Waals surface area (Å²) < 4.78 is 1.61. The number of hydrogen-bond acceptors (Lipinski definition) is 6. The van der Waals surface area contributed by atoms with Crippen LogP contribution >= 0.6 is 11.8 Å². The molecule has 7 nitrogen and oxygen atoms in total. The summed E-state index contributed by atoms with van der Waals surface area (Å²) in [7, 11) is 0. The number of benzene rings is 2. The number of rotatable bonds is 8. The van der Waals surface area contributed by atoms with Crippen molar-refractivity contribution in [2.24, 2.45) is 5.92 Å². The van der Waals surface area contributed by atoms with Crippen LogP contribution < -0.4 is 10.9 Å². The normalized spacial score (nSPS) is 14.3. The van der Waals surface area contributed by atoms with E-state index in [0.29, 0.717) is 24.9 Å². The quantitative estimate of drug-likeness (QED) is 0.457. The van der Waals surface area contributed by atoms with Crippen LogP contribution in [-0.2, 0) is 11.3 Å². The van der Waals surface area contributed by atoms with E-state index < -0.39 is 5.97 Å². The maximum atomic E-state index is 13.3.